The molecule has 0 bridgehead atoms. The van der Waals surface area contributed by atoms with Crippen LogP contribution < -0.4 is 9.47 Å². The number of benzene rings is 2. The van der Waals surface area contributed by atoms with E-state index in [2.05, 4.69) is 11.6 Å². The molecule has 0 N–H and O–H groups in total. The van der Waals surface area contributed by atoms with Crippen molar-refractivity contribution < 1.29 is 14.3 Å². The molecular formula is C23H25N3O3. The van der Waals surface area contributed by atoms with E-state index in [1.165, 1.54) is 0 Å². The number of hydrogen-bond acceptors (Lipinski definition) is 4. The smallest absolute Gasteiger partial charge is 0.254 e. The van der Waals surface area contributed by atoms with E-state index in [4.69, 9.17) is 9.47 Å². The highest BCUT2D eigenvalue weighted by Crippen LogP contribution is 2.17. The average molecular weight is 391 g/mol. The summed E-state index contributed by atoms with van der Waals surface area (Å²) in [5.74, 6) is 2.16. The minimum Gasteiger partial charge on any atom is -0.497 e. The van der Waals surface area contributed by atoms with Gasteiger partial charge in [-0.05, 0) is 35.9 Å². The van der Waals surface area contributed by atoms with Crippen molar-refractivity contribution in [1.82, 2.24) is 14.5 Å². The first-order chi connectivity index (χ1) is 14.1. The Morgan fingerprint density at radius 1 is 1.14 bits per heavy atom. The number of hydrogen-bond donors (Lipinski definition) is 0. The third-order valence-corrected chi connectivity index (χ3v) is 4.57. The summed E-state index contributed by atoms with van der Waals surface area (Å²) < 4.78 is 12.6. The zero-order chi connectivity index (χ0) is 20.6. The fourth-order valence-electron chi connectivity index (χ4n) is 3.09. The summed E-state index contributed by atoms with van der Waals surface area (Å²) in [6.07, 6.45) is 5.38. The first-order valence-electron chi connectivity index (χ1n) is 9.31. The molecule has 0 aliphatic carbocycles. The zero-order valence-corrected chi connectivity index (χ0v) is 16.7. The molecule has 0 aliphatic heterocycles. The lowest BCUT2D eigenvalue weighted by Gasteiger charge is -2.22. The van der Waals surface area contributed by atoms with Gasteiger partial charge in [-0.3, -0.25) is 4.79 Å². The lowest BCUT2D eigenvalue weighted by Crippen LogP contribution is -2.32. The maximum absolute atomic E-state index is 13.1. The molecule has 0 saturated carbocycles. The van der Waals surface area contributed by atoms with E-state index in [-0.39, 0.29) is 5.91 Å². The number of ether oxygens (including phenoxy) is 2. The second-order valence-corrected chi connectivity index (χ2v) is 6.53. The molecule has 3 aromatic rings. The van der Waals surface area contributed by atoms with Crippen LogP contribution in [0, 0.1) is 0 Å². The highest BCUT2D eigenvalue weighted by molar-refractivity contribution is 5.94. The molecule has 2 aromatic carbocycles. The van der Waals surface area contributed by atoms with Crippen molar-refractivity contribution in [3.8, 4) is 11.5 Å². The van der Waals surface area contributed by atoms with E-state index in [0.717, 1.165) is 17.1 Å². The molecule has 3 rings (SSSR count). The summed E-state index contributed by atoms with van der Waals surface area (Å²) in [7, 11) is 3.24. The number of carbonyl (C=O) groups excluding carboxylic acids is 1. The van der Waals surface area contributed by atoms with Gasteiger partial charge < -0.3 is 18.9 Å². The number of carbonyl (C=O) groups is 1. The van der Waals surface area contributed by atoms with Crippen LogP contribution in [-0.4, -0.2) is 41.1 Å². The summed E-state index contributed by atoms with van der Waals surface area (Å²) in [5.41, 5.74) is 1.66. The van der Waals surface area contributed by atoms with Gasteiger partial charge in [-0.2, -0.15) is 0 Å². The second kappa shape index (κ2) is 9.59. The van der Waals surface area contributed by atoms with Gasteiger partial charge in [0.05, 0.1) is 20.8 Å². The molecule has 6 heteroatoms. The van der Waals surface area contributed by atoms with Crippen molar-refractivity contribution >= 4 is 5.91 Å². The quantitative estimate of drug-likeness (QED) is 0.521. The molecule has 0 spiro atoms. The predicted molar refractivity (Wildman–Crippen MR) is 112 cm³/mol. The van der Waals surface area contributed by atoms with Gasteiger partial charge in [-0.1, -0.05) is 24.3 Å². The lowest BCUT2D eigenvalue weighted by atomic mass is 10.2. The Balaban J connectivity index is 1.80. The third kappa shape index (κ3) is 5.04. The van der Waals surface area contributed by atoms with Crippen LogP contribution in [0.3, 0.4) is 0 Å². The monoisotopic (exact) mass is 391 g/mol. The number of imidazole rings is 1. The van der Waals surface area contributed by atoms with Gasteiger partial charge >= 0.3 is 0 Å². The molecule has 29 heavy (non-hydrogen) atoms. The molecule has 0 atom stereocenters. The number of nitrogens with zero attached hydrogens (tertiary/aromatic N) is 3. The van der Waals surface area contributed by atoms with Crippen LogP contribution >= 0.6 is 0 Å². The van der Waals surface area contributed by atoms with Crippen molar-refractivity contribution in [2.45, 2.75) is 13.1 Å². The van der Waals surface area contributed by atoms with Crippen molar-refractivity contribution in [2.75, 3.05) is 20.8 Å². The highest BCUT2D eigenvalue weighted by atomic mass is 16.5. The fraction of sp³-hybridized carbons (Fsp3) is 0.217. The van der Waals surface area contributed by atoms with Crippen LogP contribution in [0.25, 0.3) is 0 Å². The Morgan fingerprint density at radius 3 is 2.59 bits per heavy atom. The van der Waals surface area contributed by atoms with E-state index < -0.39 is 0 Å². The second-order valence-electron chi connectivity index (χ2n) is 6.53. The van der Waals surface area contributed by atoms with Crippen LogP contribution in [-0.2, 0) is 13.1 Å². The van der Waals surface area contributed by atoms with Gasteiger partial charge in [-0.15, -0.1) is 6.58 Å². The first-order valence-corrected chi connectivity index (χ1v) is 9.31. The molecule has 0 unspecified atom stereocenters. The molecule has 6 nitrogen and oxygen atoms in total. The zero-order valence-electron chi connectivity index (χ0n) is 16.7. The normalized spacial score (nSPS) is 10.4. The maximum Gasteiger partial charge on any atom is 0.254 e. The predicted octanol–water partition coefficient (Wildman–Crippen LogP) is 3.78. The molecule has 1 aromatic heterocycles. The summed E-state index contributed by atoms with van der Waals surface area (Å²) >= 11 is 0. The van der Waals surface area contributed by atoms with E-state index in [9.17, 15) is 4.79 Å². The van der Waals surface area contributed by atoms with Gasteiger partial charge in [-0.25, -0.2) is 4.98 Å². The molecule has 0 radical (unpaired) electrons. The third-order valence-electron chi connectivity index (χ3n) is 4.57. The summed E-state index contributed by atoms with van der Waals surface area (Å²) in [6, 6.07) is 15.0. The Kier molecular flexibility index (Phi) is 6.68. The molecular weight excluding hydrogens is 366 g/mol. The van der Waals surface area contributed by atoms with Gasteiger partial charge in [0.2, 0.25) is 0 Å². The standard InChI is InChI=1S/C23H25N3O3/c1-4-12-26(23(27)19-8-6-10-21(15-19)29-3)17-22-24-11-13-25(22)16-18-7-5-9-20(14-18)28-2/h4-11,13-15H,1,12,16-17H2,2-3H3. The van der Waals surface area contributed by atoms with E-state index in [1.54, 1.807) is 43.5 Å². The largest absolute Gasteiger partial charge is 0.497 e. The first kappa shape index (κ1) is 20.2. The highest BCUT2D eigenvalue weighted by Gasteiger charge is 2.18. The minimum atomic E-state index is -0.0975. The molecule has 0 fully saturated rings. The molecule has 0 saturated heterocycles. The summed E-state index contributed by atoms with van der Waals surface area (Å²) in [4.78, 5) is 19.2. The number of rotatable bonds is 9. The van der Waals surface area contributed by atoms with E-state index in [1.807, 2.05) is 47.2 Å². The van der Waals surface area contributed by atoms with Crippen molar-refractivity contribution in [3.05, 3.63) is 90.5 Å². The lowest BCUT2D eigenvalue weighted by molar-refractivity contribution is 0.0757. The minimum absolute atomic E-state index is 0.0975. The van der Waals surface area contributed by atoms with Gasteiger partial charge in [0.25, 0.3) is 5.91 Å². The van der Waals surface area contributed by atoms with Gasteiger partial charge in [0.1, 0.15) is 17.3 Å². The Labute approximate surface area is 171 Å². The molecule has 1 heterocycles. The maximum atomic E-state index is 13.1. The van der Waals surface area contributed by atoms with Crippen LogP contribution in [0.1, 0.15) is 21.7 Å². The number of amides is 1. The van der Waals surface area contributed by atoms with Crippen LogP contribution in [0.2, 0.25) is 0 Å². The summed E-state index contributed by atoms with van der Waals surface area (Å²) in [6.45, 7) is 5.22. The summed E-state index contributed by atoms with van der Waals surface area (Å²) in [5, 5.41) is 0. The topological polar surface area (TPSA) is 56.6 Å². The number of methoxy groups -OCH3 is 2. The van der Waals surface area contributed by atoms with Gasteiger partial charge in [0.15, 0.2) is 0 Å². The fourth-order valence-corrected chi connectivity index (χ4v) is 3.09. The van der Waals surface area contributed by atoms with E-state index in [0.29, 0.717) is 30.9 Å². The van der Waals surface area contributed by atoms with Crippen molar-refractivity contribution in [2.24, 2.45) is 0 Å². The van der Waals surface area contributed by atoms with E-state index >= 15 is 0 Å². The molecule has 0 aliphatic rings. The Morgan fingerprint density at radius 2 is 1.86 bits per heavy atom. The molecule has 150 valence electrons. The number of aromatic nitrogens is 2. The Bertz CT molecular complexity index is 981. The van der Waals surface area contributed by atoms with Crippen LogP contribution in [0.4, 0.5) is 0 Å². The van der Waals surface area contributed by atoms with Crippen molar-refractivity contribution in [1.29, 1.82) is 0 Å². The average Bonchev–Trinajstić information content (AvgIpc) is 3.19. The Hall–Kier alpha value is -3.54. The van der Waals surface area contributed by atoms with Crippen molar-refractivity contribution in [3.63, 3.8) is 0 Å². The van der Waals surface area contributed by atoms with Gasteiger partial charge in [0, 0.05) is 31.0 Å². The van der Waals surface area contributed by atoms with Crippen LogP contribution in [0.15, 0.2) is 73.6 Å². The SMILES string of the molecule is C=CCN(Cc1nccn1Cc1cccc(OC)c1)C(=O)c1cccc(OC)c1. The van der Waals surface area contributed by atoms with Crippen LogP contribution in [0.5, 0.6) is 11.5 Å². The molecule has 1 amide bonds.